The number of carbonyl (C=O) groups is 2. The van der Waals surface area contributed by atoms with Crippen LogP contribution in [-0.4, -0.2) is 37.3 Å². The SMILES string of the molecule is CCC(C)C(=O)OCc1ccc2cc(OCC(=O)OCC(F)(F)C(F)(F)F)ccc2c1. The second-order valence-corrected chi connectivity index (χ2v) is 6.91. The summed E-state index contributed by atoms with van der Waals surface area (Å²) in [6.07, 6.45) is -5.13. The van der Waals surface area contributed by atoms with Gasteiger partial charge in [0.2, 0.25) is 0 Å². The second kappa shape index (κ2) is 9.93. The van der Waals surface area contributed by atoms with Crippen LogP contribution >= 0.6 is 0 Å². The number of fused-ring (bicyclic) bond motifs is 1. The number of benzene rings is 2. The van der Waals surface area contributed by atoms with Gasteiger partial charge in [-0.15, -0.1) is 0 Å². The molecule has 0 aliphatic rings. The van der Waals surface area contributed by atoms with Gasteiger partial charge in [0.25, 0.3) is 0 Å². The summed E-state index contributed by atoms with van der Waals surface area (Å²) in [4.78, 5) is 23.2. The summed E-state index contributed by atoms with van der Waals surface area (Å²) >= 11 is 0. The van der Waals surface area contributed by atoms with Crippen molar-refractivity contribution in [3.8, 4) is 5.75 Å². The fourth-order valence-electron chi connectivity index (χ4n) is 2.35. The summed E-state index contributed by atoms with van der Waals surface area (Å²) in [6, 6.07) is 9.99. The molecule has 0 fully saturated rings. The summed E-state index contributed by atoms with van der Waals surface area (Å²) in [7, 11) is 0. The average Bonchev–Trinajstić information content (AvgIpc) is 2.72. The van der Waals surface area contributed by atoms with Gasteiger partial charge in [-0.05, 0) is 41.0 Å². The fourth-order valence-corrected chi connectivity index (χ4v) is 2.35. The van der Waals surface area contributed by atoms with Crippen molar-refractivity contribution in [1.82, 2.24) is 0 Å². The highest BCUT2D eigenvalue weighted by Gasteiger charge is 2.58. The first-order valence-corrected chi connectivity index (χ1v) is 9.35. The predicted octanol–water partition coefficient (Wildman–Crippen LogP) is 5.05. The van der Waals surface area contributed by atoms with Crippen LogP contribution in [-0.2, 0) is 25.7 Å². The number of alkyl halides is 5. The maximum Gasteiger partial charge on any atom is 0.456 e. The number of halogens is 5. The van der Waals surface area contributed by atoms with Crippen LogP contribution in [0.4, 0.5) is 22.0 Å². The quantitative estimate of drug-likeness (QED) is 0.397. The predicted molar refractivity (Wildman–Crippen MR) is 101 cm³/mol. The Kier molecular flexibility index (Phi) is 7.80. The molecular formula is C21H21F5O5. The molecular weight excluding hydrogens is 427 g/mol. The molecule has 0 saturated heterocycles. The molecule has 31 heavy (non-hydrogen) atoms. The zero-order chi connectivity index (χ0) is 23.2. The van der Waals surface area contributed by atoms with E-state index in [1.807, 2.05) is 6.92 Å². The Bertz CT molecular complexity index is 926. The van der Waals surface area contributed by atoms with Gasteiger partial charge in [-0.3, -0.25) is 4.79 Å². The van der Waals surface area contributed by atoms with Crippen molar-refractivity contribution in [2.24, 2.45) is 5.92 Å². The van der Waals surface area contributed by atoms with Crippen LogP contribution in [0.5, 0.6) is 5.75 Å². The molecule has 1 atom stereocenters. The van der Waals surface area contributed by atoms with Gasteiger partial charge in [0, 0.05) is 0 Å². The van der Waals surface area contributed by atoms with E-state index in [2.05, 4.69) is 4.74 Å². The van der Waals surface area contributed by atoms with E-state index >= 15 is 0 Å². The van der Waals surface area contributed by atoms with Crippen molar-refractivity contribution in [1.29, 1.82) is 0 Å². The van der Waals surface area contributed by atoms with Gasteiger partial charge in [0.15, 0.2) is 13.2 Å². The van der Waals surface area contributed by atoms with Gasteiger partial charge in [-0.2, -0.15) is 22.0 Å². The molecule has 2 aromatic rings. The minimum absolute atomic E-state index is 0.117. The van der Waals surface area contributed by atoms with Gasteiger partial charge in [0.05, 0.1) is 5.92 Å². The van der Waals surface area contributed by atoms with Crippen LogP contribution in [0.3, 0.4) is 0 Å². The van der Waals surface area contributed by atoms with Crippen molar-refractivity contribution in [2.45, 2.75) is 39.0 Å². The van der Waals surface area contributed by atoms with E-state index in [1.165, 1.54) is 6.07 Å². The lowest BCUT2D eigenvalue weighted by Crippen LogP contribution is -2.41. The Morgan fingerprint density at radius 1 is 0.968 bits per heavy atom. The highest BCUT2D eigenvalue weighted by molar-refractivity contribution is 5.84. The van der Waals surface area contributed by atoms with Crippen LogP contribution in [0.25, 0.3) is 10.8 Å². The number of ether oxygens (including phenoxy) is 3. The largest absolute Gasteiger partial charge is 0.482 e. The van der Waals surface area contributed by atoms with Gasteiger partial charge in [-0.25, -0.2) is 4.79 Å². The molecule has 0 aromatic heterocycles. The van der Waals surface area contributed by atoms with E-state index in [0.717, 1.165) is 10.9 Å². The highest BCUT2D eigenvalue weighted by Crippen LogP contribution is 2.35. The minimum Gasteiger partial charge on any atom is -0.482 e. The van der Waals surface area contributed by atoms with E-state index in [-0.39, 0.29) is 24.2 Å². The molecule has 2 rings (SSSR count). The third-order valence-corrected chi connectivity index (χ3v) is 4.46. The van der Waals surface area contributed by atoms with Crippen LogP contribution in [0.1, 0.15) is 25.8 Å². The number of hydrogen-bond donors (Lipinski definition) is 0. The van der Waals surface area contributed by atoms with Crippen molar-refractivity contribution >= 4 is 22.7 Å². The molecule has 2 aromatic carbocycles. The molecule has 0 amide bonds. The number of carbonyl (C=O) groups excluding carboxylic acids is 2. The van der Waals surface area contributed by atoms with Crippen molar-refractivity contribution < 1.29 is 45.8 Å². The van der Waals surface area contributed by atoms with Gasteiger partial charge >= 0.3 is 24.0 Å². The standard InChI is InChI=1S/C21H21F5O5/c1-3-13(2)19(28)30-10-14-4-5-16-9-17(7-6-15(16)8-14)29-11-18(27)31-12-20(22,23)21(24,25)26/h4-9,13H,3,10-12H2,1-2H3. The molecule has 0 saturated carbocycles. The average molecular weight is 448 g/mol. The molecule has 170 valence electrons. The molecule has 5 nitrogen and oxygen atoms in total. The lowest BCUT2D eigenvalue weighted by Gasteiger charge is -2.19. The lowest BCUT2D eigenvalue weighted by molar-refractivity contribution is -0.294. The molecule has 0 spiro atoms. The van der Waals surface area contributed by atoms with Crippen molar-refractivity contribution in [3.63, 3.8) is 0 Å². The van der Waals surface area contributed by atoms with E-state index in [0.29, 0.717) is 11.8 Å². The second-order valence-electron chi connectivity index (χ2n) is 6.91. The van der Waals surface area contributed by atoms with E-state index in [9.17, 15) is 31.5 Å². The zero-order valence-electron chi connectivity index (χ0n) is 16.8. The normalized spacial score (nSPS) is 13.0. The van der Waals surface area contributed by atoms with E-state index in [1.54, 1.807) is 37.3 Å². The summed E-state index contributed by atoms with van der Waals surface area (Å²) in [5.41, 5.74) is 0.770. The summed E-state index contributed by atoms with van der Waals surface area (Å²) in [6.45, 7) is 0.844. The Balaban J connectivity index is 1.91. The third-order valence-electron chi connectivity index (χ3n) is 4.46. The number of hydrogen-bond acceptors (Lipinski definition) is 5. The smallest absolute Gasteiger partial charge is 0.456 e. The van der Waals surface area contributed by atoms with Crippen LogP contribution in [0, 0.1) is 5.92 Å². The number of esters is 2. The molecule has 10 heteroatoms. The van der Waals surface area contributed by atoms with Crippen molar-refractivity contribution in [3.05, 3.63) is 42.0 Å². The van der Waals surface area contributed by atoms with Crippen LogP contribution in [0.15, 0.2) is 36.4 Å². The van der Waals surface area contributed by atoms with Crippen molar-refractivity contribution in [2.75, 3.05) is 13.2 Å². The van der Waals surface area contributed by atoms with E-state index in [4.69, 9.17) is 9.47 Å². The number of rotatable bonds is 9. The molecule has 1 unspecified atom stereocenters. The Hall–Kier alpha value is -2.91. The van der Waals surface area contributed by atoms with Gasteiger partial charge < -0.3 is 14.2 Å². The first-order chi connectivity index (χ1) is 14.4. The first kappa shape index (κ1) is 24.4. The molecule has 0 heterocycles. The molecule has 0 aliphatic carbocycles. The highest BCUT2D eigenvalue weighted by atomic mass is 19.4. The third kappa shape index (κ3) is 6.80. The monoisotopic (exact) mass is 448 g/mol. The molecule has 0 bridgehead atoms. The van der Waals surface area contributed by atoms with Crippen LogP contribution in [0.2, 0.25) is 0 Å². The summed E-state index contributed by atoms with van der Waals surface area (Å²) < 4.78 is 76.0. The Labute approximate surface area is 175 Å². The van der Waals surface area contributed by atoms with Crippen LogP contribution < -0.4 is 4.74 Å². The summed E-state index contributed by atoms with van der Waals surface area (Å²) in [5, 5.41) is 1.50. The van der Waals surface area contributed by atoms with Gasteiger partial charge in [-0.1, -0.05) is 32.0 Å². The Morgan fingerprint density at radius 2 is 1.61 bits per heavy atom. The van der Waals surface area contributed by atoms with Gasteiger partial charge in [0.1, 0.15) is 12.4 Å². The molecule has 0 N–H and O–H groups in total. The minimum atomic E-state index is -5.81. The fraction of sp³-hybridized carbons (Fsp3) is 0.429. The Morgan fingerprint density at radius 3 is 2.26 bits per heavy atom. The topological polar surface area (TPSA) is 61.8 Å². The maximum absolute atomic E-state index is 12.7. The maximum atomic E-state index is 12.7. The summed E-state index contributed by atoms with van der Waals surface area (Å²) in [5.74, 6) is -6.77. The lowest BCUT2D eigenvalue weighted by atomic mass is 10.1. The first-order valence-electron chi connectivity index (χ1n) is 9.35. The molecule has 0 aliphatic heterocycles. The molecule has 0 radical (unpaired) electrons. The zero-order valence-corrected chi connectivity index (χ0v) is 16.8. The van der Waals surface area contributed by atoms with E-state index < -0.39 is 31.3 Å².